The number of hydrogen-bond donors (Lipinski definition) is 0. The third-order valence-electron chi connectivity index (χ3n) is 1.92. The highest BCUT2D eigenvalue weighted by Gasteiger charge is 2.45. The van der Waals surface area contributed by atoms with Gasteiger partial charge in [0.1, 0.15) is 0 Å². The zero-order valence-corrected chi connectivity index (χ0v) is 8.27. The summed E-state index contributed by atoms with van der Waals surface area (Å²) in [5, 5.41) is 0. The molecule has 1 aliphatic rings. The van der Waals surface area contributed by atoms with Crippen LogP contribution in [0.15, 0.2) is 0 Å². The fraction of sp³-hybridized carbons (Fsp3) is 0.889. The van der Waals surface area contributed by atoms with Crippen molar-refractivity contribution < 1.29 is 4.79 Å². The zero-order chi connectivity index (χ0) is 9.07. The Morgan fingerprint density at radius 1 is 1.27 bits per heavy atom. The largest absolute Gasteiger partial charge is 0.348 e. The first-order chi connectivity index (χ1) is 5.06. The summed E-state index contributed by atoms with van der Waals surface area (Å²) in [5.74, 6) is 0.280. The Morgan fingerprint density at radius 3 is 1.73 bits per heavy atom. The standard InChI is InChI=1S/C7H13NO.C2H6/c1-7(4-5-7)6(9)8(2)3;1-2/h4-5H2,1-3H3;1-2H3. The molecule has 0 saturated heterocycles. The Labute approximate surface area is 69.6 Å². The Balaban J connectivity index is 0.000000461. The van der Waals surface area contributed by atoms with Crippen LogP contribution in [0.4, 0.5) is 0 Å². The van der Waals surface area contributed by atoms with Crippen molar-refractivity contribution in [1.82, 2.24) is 4.90 Å². The Bertz CT molecular complexity index is 136. The van der Waals surface area contributed by atoms with Gasteiger partial charge in [0.2, 0.25) is 5.91 Å². The van der Waals surface area contributed by atoms with Gasteiger partial charge in [-0.25, -0.2) is 0 Å². The first-order valence-electron chi connectivity index (χ1n) is 4.28. The van der Waals surface area contributed by atoms with E-state index in [2.05, 4.69) is 0 Å². The average Bonchev–Trinajstić information content (AvgIpc) is 2.72. The van der Waals surface area contributed by atoms with E-state index in [1.807, 2.05) is 34.9 Å². The lowest BCUT2D eigenvalue weighted by Crippen LogP contribution is -2.28. The minimum absolute atomic E-state index is 0.0174. The molecule has 1 aliphatic carbocycles. The maximum absolute atomic E-state index is 11.2. The summed E-state index contributed by atoms with van der Waals surface area (Å²) < 4.78 is 0. The monoisotopic (exact) mass is 157 g/mol. The van der Waals surface area contributed by atoms with Crippen LogP contribution in [0.1, 0.15) is 33.6 Å². The van der Waals surface area contributed by atoms with Crippen molar-refractivity contribution >= 4 is 5.91 Å². The van der Waals surface area contributed by atoms with E-state index in [9.17, 15) is 4.79 Å². The van der Waals surface area contributed by atoms with Gasteiger partial charge < -0.3 is 4.90 Å². The van der Waals surface area contributed by atoms with Crippen LogP contribution in [0, 0.1) is 5.41 Å². The summed E-state index contributed by atoms with van der Waals surface area (Å²) in [6.07, 6.45) is 2.15. The number of rotatable bonds is 1. The van der Waals surface area contributed by atoms with Crippen molar-refractivity contribution in [2.75, 3.05) is 14.1 Å². The first-order valence-corrected chi connectivity index (χ1v) is 4.28. The summed E-state index contributed by atoms with van der Waals surface area (Å²) in [4.78, 5) is 12.8. The third-order valence-corrected chi connectivity index (χ3v) is 1.92. The third kappa shape index (κ3) is 2.52. The Morgan fingerprint density at radius 2 is 1.64 bits per heavy atom. The molecule has 1 fully saturated rings. The molecule has 1 saturated carbocycles. The summed E-state index contributed by atoms with van der Waals surface area (Å²) >= 11 is 0. The Kier molecular flexibility index (Phi) is 3.56. The van der Waals surface area contributed by atoms with Crippen LogP contribution in [0.25, 0.3) is 0 Å². The van der Waals surface area contributed by atoms with E-state index in [-0.39, 0.29) is 11.3 Å². The Hall–Kier alpha value is -0.530. The quantitative estimate of drug-likeness (QED) is 0.569. The number of hydrogen-bond acceptors (Lipinski definition) is 1. The van der Waals surface area contributed by atoms with Gasteiger partial charge in [0, 0.05) is 19.5 Å². The van der Waals surface area contributed by atoms with Crippen molar-refractivity contribution in [3.05, 3.63) is 0 Å². The van der Waals surface area contributed by atoms with Crippen LogP contribution >= 0.6 is 0 Å². The molecular formula is C9H19NO. The van der Waals surface area contributed by atoms with E-state index in [0.29, 0.717) is 0 Å². The highest BCUT2D eigenvalue weighted by atomic mass is 16.2. The van der Waals surface area contributed by atoms with E-state index >= 15 is 0 Å². The molecular weight excluding hydrogens is 138 g/mol. The van der Waals surface area contributed by atoms with Crippen LogP contribution in [0.3, 0.4) is 0 Å². The predicted octanol–water partition coefficient (Wildman–Crippen LogP) is 1.90. The maximum Gasteiger partial charge on any atom is 0.227 e. The number of amides is 1. The molecule has 11 heavy (non-hydrogen) atoms. The van der Waals surface area contributed by atoms with Crippen molar-refractivity contribution in [3.8, 4) is 0 Å². The van der Waals surface area contributed by atoms with E-state index in [0.717, 1.165) is 12.8 Å². The van der Waals surface area contributed by atoms with Gasteiger partial charge >= 0.3 is 0 Å². The molecule has 1 amide bonds. The second-order valence-corrected chi connectivity index (χ2v) is 3.26. The maximum atomic E-state index is 11.2. The fourth-order valence-corrected chi connectivity index (χ4v) is 0.941. The first kappa shape index (κ1) is 10.5. The van der Waals surface area contributed by atoms with Gasteiger partial charge in [0.15, 0.2) is 0 Å². The van der Waals surface area contributed by atoms with Crippen molar-refractivity contribution in [1.29, 1.82) is 0 Å². The van der Waals surface area contributed by atoms with Gasteiger partial charge in [-0.1, -0.05) is 20.8 Å². The molecule has 0 radical (unpaired) electrons. The lowest BCUT2D eigenvalue weighted by Gasteiger charge is -2.14. The molecule has 0 aliphatic heterocycles. The average molecular weight is 157 g/mol. The molecule has 0 bridgehead atoms. The molecule has 0 N–H and O–H groups in total. The van der Waals surface area contributed by atoms with Crippen LogP contribution in [0.2, 0.25) is 0 Å². The van der Waals surface area contributed by atoms with E-state index in [4.69, 9.17) is 0 Å². The van der Waals surface area contributed by atoms with Crippen molar-refractivity contribution in [2.45, 2.75) is 33.6 Å². The molecule has 0 aromatic heterocycles. The number of nitrogens with zero attached hydrogens (tertiary/aromatic N) is 1. The molecule has 2 heteroatoms. The molecule has 66 valence electrons. The molecule has 0 atom stereocenters. The lowest BCUT2D eigenvalue weighted by atomic mass is 10.1. The van der Waals surface area contributed by atoms with E-state index in [1.165, 1.54) is 0 Å². The van der Waals surface area contributed by atoms with Crippen LogP contribution in [-0.4, -0.2) is 24.9 Å². The lowest BCUT2D eigenvalue weighted by molar-refractivity contribution is -0.133. The smallest absolute Gasteiger partial charge is 0.227 e. The SMILES string of the molecule is CC.CN(C)C(=O)C1(C)CC1. The van der Waals surface area contributed by atoms with Gasteiger partial charge in [-0.2, -0.15) is 0 Å². The van der Waals surface area contributed by atoms with Gasteiger partial charge in [-0.05, 0) is 12.8 Å². The van der Waals surface area contributed by atoms with Crippen LogP contribution in [0.5, 0.6) is 0 Å². The van der Waals surface area contributed by atoms with E-state index < -0.39 is 0 Å². The summed E-state index contributed by atoms with van der Waals surface area (Å²) in [7, 11) is 3.62. The molecule has 2 nitrogen and oxygen atoms in total. The fourth-order valence-electron chi connectivity index (χ4n) is 0.941. The summed E-state index contributed by atoms with van der Waals surface area (Å²) in [5.41, 5.74) is 0.0174. The van der Waals surface area contributed by atoms with Crippen LogP contribution < -0.4 is 0 Å². The zero-order valence-electron chi connectivity index (χ0n) is 8.27. The predicted molar refractivity (Wildman–Crippen MR) is 47.4 cm³/mol. The molecule has 0 spiro atoms. The molecule has 0 aromatic carbocycles. The van der Waals surface area contributed by atoms with Gasteiger partial charge in [0.05, 0.1) is 0 Å². The normalized spacial score (nSPS) is 17.9. The summed E-state index contributed by atoms with van der Waals surface area (Å²) in [6.45, 7) is 6.02. The highest BCUT2D eigenvalue weighted by Crippen LogP contribution is 2.45. The number of carbonyl (C=O) groups is 1. The molecule has 1 rings (SSSR count). The minimum atomic E-state index is 0.0174. The topological polar surface area (TPSA) is 20.3 Å². The summed E-state index contributed by atoms with van der Waals surface area (Å²) in [6, 6.07) is 0. The number of carbonyl (C=O) groups excluding carboxylic acids is 1. The van der Waals surface area contributed by atoms with Gasteiger partial charge in [0.25, 0.3) is 0 Å². The highest BCUT2D eigenvalue weighted by molar-refractivity contribution is 5.84. The van der Waals surface area contributed by atoms with Crippen molar-refractivity contribution in [3.63, 3.8) is 0 Å². The minimum Gasteiger partial charge on any atom is -0.348 e. The van der Waals surface area contributed by atoms with Crippen LogP contribution in [-0.2, 0) is 4.79 Å². The van der Waals surface area contributed by atoms with Gasteiger partial charge in [-0.15, -0.1) is 0 Å². The second kappa shape index (κ2) is 3.74. The molecule has 0 heterocycles. The second-order valence-electron chi connectivity index (χ2n) is 3.26. The molecule has 0 aromatic rings. The van der Waals surface area contributed by atoms with Crippen molar-refractivity contribution in [2.24, 2.45) is 5.41 Å². The van der Waals surface area contributed by atoms with E-state index in [1.54, 1.807) is 4.90 Å². The molecule has 0 unspecified atom stereocenters. The van der Waals surface area contributed by atoms with Gasteiger partial charge in [-0.3, -0.25) is 4.79 Å².